The van der Waals surface area contributed by atoms with Gasteiger partial charge in [0.25, 0.3) is 11.8 Å². The van der Waals surface area contributed by atoms with Gasteiger partial charge < -0.3 is 4.90 Å². The highest BCUT2D eigenvalue weighted by atomic mass is 32.2. The van der Waals surface area contributed by atoms with Gasteiger partial charge >= 0.3 is 0 Å². The SMILES string of the molecule is Cc1ccc(C)c(N2C(=O)/C(=C3/C(=O)N(C)c4ccccc43)SC2=S)c1. The van der Waals surface area contributed by atoms with Gasteiger partial charge in [0.15, 0.2) is 4.32 Å². The molecular formula is C20H16N2O2S2. The number of carbonyl (C=O) groups excluding carboxylic acids is 2. The first kappa shape index (κ1) is 17.0. The normalized spacial score (nSPS) is 19.6. The number of hydrogen-bond donors (Lipinski definition) is 0. The number of nitrogens with zero attached hydrogens (tertiary/aromatic N) is 2. The van der Waals surface area contributed by atoms with Crippen LogP contribution in [0.4, 0.5) is 11.4 Å². The lowest BCUT2D eigenvalue weighted by atomic mass is 10.1. The zero-order valence-corrected chi connectivity index (χ0v) is 16.2. The molecule has 26 heavy (non-hydrogen) atoms. The molecule has 2 aromatic rings. The Hall–Kier alpha value is -2.44. The molecule has 0 unspecified atom stereocenters. The molecular weight excluding hydrogens is 364 g/mol. The maximum atomic E-state index is 13.2. The van der Waals surface area contributed by atoms with Crippen LogP contribution in [0.3, 0.4) is 0 Å². The topological polar surface area (TPSA) is 40.6 Å². The molecule has 0 saturated carbocycles. The Balaban J connectivity index is 1.87. The van der Waals surface area contributed by atoms with Crippen molar-refractivity contribution >= 4 is 57.1 Å². The molecule has 4 rings (SSSR count). The van der Waals surface area contributed by atoms with Gasteiger partial charge in [0.2, 0.25) is 0 Å². The van der Waals surface area contributed by atoms with Gasteiger partial charge in [0.1, 0.15) is 0 Å². The third kappa shape index (κ3) is 2.40. The van der Waals surface area contributed by atoms with Crippen molar-refractivity contribution in [3.8, 4) is 0 Å². The summed E-state index contributed by atoms with van der Waals surface area (Å²) < 4.78 is 0.450. The minimum absolute atomic E-state index is 0.173. The van der Waals surface area contributed by atoms with Gasteiger partial charge in [-0.05, 0) is 37.1 Å². The number of fused-ring (bicyclic) bond motifs is 1. The number of thioether (sulfide) groups is 1. The van der Waals surface area contributed by atoms with Crippen LogP contribution in [0.1, 0.15) is 16.7 Å². The van der Waals surface area contributed by atoms with Crippen LogP contribution in [0.15, 0.2) is 47.4 Å². The summed E-state index contributed by atoms with van der Waals surface area (Å²) >= 11 is 6.69. The number of carbonyl (C=O) groups is 2. The average Bonchev–Trinajstić information content (AvgIpc) is 3.04. The van der Waals surface area contributed by atoms with Crippen molar-refractivity contribution in [1.29, 1.82) is 0 Å². The molecule has 1 saturated heterocycles. The summed E-state index contributed by atoms with van der Waals surface area (Å²) in [5.41, 5.74) is 4.82. The van der Waals surface area contributed by atoms with E-state index in [4.69, 9.17) is 12.2 Å². The zero-order valence-electron chi connectivity index (χ0n) is 14.6. The van der Waals surface area contributed by atoms with E-state index in [1.807, 2.05) is 56.3 Å². The highest BCUT2D eigenvalue weighted by Gasteiger charge is 2.41. The van der Waals surface area contributed by atoms with Crippen LogP contribution in [0.2, 0.25) is 0 Å². The third-order valence-electron chi connectivity index (χ3n) is 4.66. The van der Waals surface area contributed by atoms with E-state index in [-0.39, 0.29) is 11.8 Å². The molecule has 1 fully saturated rings. The molecule has 2 heterocycles. The van der Waals surface area contributed by atoms with E-state index in [9.17, 15) is 9.59 Å². The molecule has 4 nitrogen and oxygen atoms in total. The number of likely N-dealkylation sites (N-methyl/N-ethyl adjacent to an activating group) is 1. The minimum atomic E-state index is -0.234. The fraction of sp³-hybridized carbons (Fsp3) is 0.150. The first-order chi connectivity index (χ1) is 12.4. The van der Waals surface area contributed by atoms with Crippen LogP contribution in [0, 0.1) is 13.8 Å². The Bertz CT molecular complexity index is 1030. The number of amides is 2. The molecule has 0 atom stereocenters. The summed E-state index contributed by atoms with van der Waals surface area (Å²) in [4.78, 5) is 29.5. The van der Waals surface area contributed by atoms with Crippen LogP contribution < -0.4 is 9.80 Å². The quantitative estimate of drug-likeness (QED) is 0.553. The summed E-state index contributed by atoms with van der Waals surface area (Å²) in [6, 6.07) is 13.4. The summed E-state index contributed by atoms with van der Waals surface area (Å²) in [5, 5.41) is 0. The predicted molar refractivity (Wildman–Crippen MR) is 110 cm³/mol. The highest BCUT2D eigenvalue weighted by Crippen LogP contribution is 2.45. The van der Waals surface area contributed by atoms with Gasteiger partial charge in [-0.15, -0.1) is 0 Å². The molecule has 0 bridgehead atoms. The molecule has 2 aliphatic heterocycles. The molecule has 2 aliphatic rings. The molecule has 0 aromatic heterocycles. The lowest BCUT2D eigenvalue weighted by Gasteiger charge is -2.18. The van der Waals surface area contributed by atoms with Crippen LogP contribution in [0.5, 0.6) is 0 Å². The fourth-order valence-corrected chi connectivity index (χ4v) is 4.63. The van der Waals surface area contributed by atoms with Gasteiger partial charge in [-0.3, -0.25) is 14.5 Å². The second-order valence-electron chi connectivity index (χ2n) is 6.38. The molecule has 0 spiro atoms. The molecule has 2 amide bonds. The monoisotopic (exact) mass is 380 g/mol. The molecule has 0 aliphatic carbocycles. The van der Waals surface area contributed by atoms with Crippen LogP contribution in [-0.4, -0.2) is 23.2 Å². The fourth-order valence-electron chi connectivity index (χ4n) is 3.28. The summed E-state index contributed by atoms with van der Waals surface area (Å²) in [6.07, 6.45) is 0. The second-order valence-corrected chi connectivity index (χ2v) is 8.03. The number of aryl methyl sites for hydroxylation is 2. The van der Waals surface area contributed by atoms with Crippen molar-refractivity contribution in [3.63, 3.8) is 0 Å². The van der Waals surface area contributed by atoms with E-state index < -0.39 is 0 Å². The Morgan fingerprint density at radius 3 is 2.46 bits per heavy atom. The van der Waals surface area contributed by atoms with E-state index in [0.717, 1.165) is 28.1 Å². The Morgan fingerprint density at radius 1 is 0.962 bits per heavy atom. The molecule has 130 valence electrons. The van der Waals surface area contributed by atoms with E-state index in [0.29, 0.717) is 14.8 Å². The summed E-state index contributed by atoms with van der Waals surface area (Å²) in [6.45, 7) is 3.93. The predicted octanol–water partition coefficient (Wildman–Crippen LogP) is 4.06. The lowest BCUT2D eigenvalue weighted by molar-refractivity contribution is -0.115. The van der Waals surface area contributed by atoms with Gasteiger partial charge in [-0.2, -0.15) is 0 Å². The zero-order chi connectivity index (χ0) is 18.6. The first-order valence-corrected chi connectivity index (χ1v) is 9.38. The van der Waals surface area contributed by atoms with E-state index in [1.165, 1.54) is 11.8 Å². The Kier molecular flexibility index (Phi) is 3.97. The lowest BCUT2D eigenvalue weighted by Crippen LogP contribution is -2.29. The van der Waals surface area contributed by atoms with Crippen LogP contribution in [-0.2, 0) is 9.59 Å². The smallest absolute Gasteiger partial charge is 0.271 e. The maximum Gasteiger partial charge on any atom is 0.271 e. The molecule has 0 N–H and O–H groups in total. The standard InChI is InChI=1S/C20H16N2O2S2/c1-11-8-9-12(2)15(10-11)22-19(24)17(26-20(22)25)16-13-6-4-5-7-14(13)21(3)18(16)23/h4-10H,1-3H3/b17-16-. The van der Waals surface area contributed by atoms with Crippen molar-refractivity contribution in [1.82, 2.24) is 0 Å². The number of thiocarbonyl (C=S) groups is 1. The first-order valence-electron chi connectivity index (χ1n) is 8.15. The largest absolute Gasteiger partial charge is 0.311 e. The van der Waals surface area contributed by atoms with Gasteiger partial charge in [-0.1, -0.05) is 54.3 Å². The van der Waals surface area contributed by atoms with Gasteiger partial charge in [-0.25, -0.2) is 0 Å². The average molecular weight is 380 g/mol. The minimum Gasteiger partial charge on any atom is -0.311 e. The van der Waals surface area contributed by atoms with Crippen LogP contribution in [0.25, 0.3) is 5.57 Å². The number of anilines is 2. The van der Waals surface area contributed by atoms with Crippen molar-refractivity contribution in [3.05, 3.63) is 64.1 Å². The Morgan fingerprint density at radius 2 is 1.69 bits per heavy atom. The maximum absolute atomic E-state index is 13.2. The second kappa shape index (κ2) is 6.07. The number of rotatable bonds is 1. The third-order valence-corrected chi connectivity index (χ3v) is 6.03. The highest BCUT2D eigenvalue weighted by molar-refractivity contribution is 8.27. The molecule has 6 heteroatoms. The summed E-state index contributed by atoms with van der Waals surface area (Å²) in [7, 11) is 1.72. The van der Waals surface area contributed by atoms with Crippen molar-refractivity contribution < 1.29 is 9.59 Å². The number of benzene rings is 2. The van der Waals surface area contributed by atoms with Gasteiger partial charge in [0.05, 0.1) is 21.9 Å². The number of hydrogen-bond acceptors (Lipinski definition) is 4. The van der Waals surface area contributed by atoms with Crippen molar-refractivity contribution in [2.75, 3.05) is 16.8 Å². The summed E-state index contributed by atoms with van der Waals surface area (Å²) in [5.74, 6) is -0.408. The van der Waals surface area contributed by atoms with Gasteiger partial charge in [0, 0.05) is 12.6 Å². The van der Waals surface area contributed by atoms with Crippen LogP contribution >= 0.6 is 24.0 Å². The van der Waals surface area contributed by atoms with E-state index in [2.05, 4.69) is 0 Å². The molecule has 0 radical (unpaired) electrons. The van der Waals surface area contributed by atoms with E-state index in [1.54, 1.807) is 16.8 Å². The van der Waals surface area contributed by atoms with Crippen molar-refractivity contribution in [2.45, 2.75) is 13.8 Å². The Labute approximate surface area is 161 Å². The number of para-hydroxylation sites is 1. The van der Waals surface area contributed by atoms with Crippen molar-refractivity contribution in [2.24, 2.45) is 0 Å². The molecule has 2 aromatic carbocycles. The van der Waals surface area contributed by atoms with E-state index >= 15 is 0 Å².